The molecule has 20 heavy (non-hydrogen) atoms. The van der Waals surface area contributed by atoms with Gasteiger partial charge >= 0.3 is 5.69 Å². The molecule has 0 amide bonds. The van der Waals surface area contributed by atoms with Crippen LogP contribution in [0, 0.1) is 0 Å². The van der Waals surface area contributed by atoms with Crippen LogP contribution >= 0.6 is 0 Å². The summed E-state index contributed by atoms with van der Waals surface area (Å²) in [4.78, 5) is 11.7. The van der Waals surface area contributed by atoms with Crippen LogP contribution in [0.1, 0.15) is 17.7 Å². The summed E-state index contributed by atoms with van der Waals surface area (Å²) in [5.74, 6) is 0.907. The molecule has 0 aliphatic carbocycles. The second-order valence-corrected chi connectivity index (χ2v) is 4.87. The summed E-state index contributed by atoms with van der Waals surface area (Å²) < 4.78 is 7.89. The normalized spacial score (nSPS) is 10.8. The molecule has 108 valence electrons. The minimum Gasteiger partial charge on any atom is -0.497 e. The van der Waals surface area contributed by atoms with Crippen LogP contribution in [0.15, 0.2) is 29.1 Å². The zero-order valence-corrected chi connectivity index (χ0v) is 12.1. The molecular weight excluding hydrogens is 256 g/mol. The van der Waals surface area contributed by atoms with Gasteiger partial charge in [0.2, 0.25) is 5.88 Å². The van der Waals surface area contributed by atoms with Crippen molar-refractivity contribution in [3.8, 4) is 11.6 Å². The second kappa shape index (κ2) is 5.86. The molecule has 0 unspecified atom stereocenters. The van der Waals surface area contributed by atoms with E-state index in [2.05, 4.69) is 0 Å². The smallest absolute Gasteiger partial charge is 0.330 e. The van der Waals surface area contributed by atoms with E-state index in [0.29, 0.717) is 12.1 Å². The van der Waals surface area contributed by atoms with Gasteiger partial charge in [0.1, 0.15) is 5.75 Å². The van der Waals surface area contributed by atoms with Gasteiger partial charge in [-0.1, -0.05) is 12.1 Å². The lowest BCUT2D eigenvalue weighted by atomic mass is 10.1. The summed E-state index contributed by atoms with van der Waals surface area (Å²) in [5.41, 5.74) is 1.71. The number of nitrogens with zero attached hydrogens (tertiary/aromatic N) is 2. The number of hydrogen-bond donors (Lipinski definition) is 1. The Balaban J connectivity index is 1.99. The van der Waals surface area contributed by atoms with E-state index >= 15 is 0 Å². The fourth-order valence-electron chi connectivity index (χ4n) is 2.31. The Kier molecular flexibility index (Phi) is 4.17. The van der Waals surface area contributed by atoms with Crippen molar-refractivity contribution in [1.29, 1.82) is 0 Å². The number of aryl methyl sites for hydroxylation is 1. The minimum absolute atomic E-state index is 0.0623. The largest absolute Gasteiger partial charge is 0.497 e. The number of imidazole rings is 1. The predicted octanol–water partition coefficient (Wildman–Crippen LogP) is 1.61. The summed E-state index contributed by atoms with van der Waals surface area (Å²) in [5, 5.41) is 9.89. The average molecular weight is 276 g/mol. The van der Waals surface area contributed by atoms with Crippen molar-refractivity contribution >= 4 is 0 Å². The first-order valence-electron chi connectivity index (χ1n) is 6.61. The number of aromatic nitrogens is 2. The number of methoxy groups -OCH3 is 1. The number of hydrogen-bond acceptors (Lipinski definition) is 3. The standard InChI is InChI=1S/C15H20N2O3/c1-16-13(14(18)17(2)15(16)19)6-4-5-11-7-9-12(20-3)10-8-11/h7-10,18H,4-6H2,1-3H3. The van der Waals surface area contributed by atoms with E-state index in [-0.39, 0.29) is 11.6 Å². The lowest BCUT2D eigenvalue weighted by Gasteiger charge is -2.05. The molecule has 0 radical (unpaired) electrons. The van der Waals surface area contributed by atoms with Crippen LogP contribution in [-0.2, 0) is 26.9 Å². The molecule has 0 spiro atoms. The molecular formula is C15H20N2O3. The van der Waals surface area contributed by atoms with Crippen LogP contribution in [0.25, 0.3) is 0 Å². The van der Waals surface area contributed by atoms with Gasteiger partial charge < -0.3 is 9.84 Å². The molecule has 0 saturated heterocycles. The Hall–Kier alpha value is -2.17. The summed E-state index contributed by atoms with van der Waals surface area (Å²) in [7, 11) is 4.91. The highest BCUT2D eigenvalue weighted by Crippen LogP contribution is 2.17. The van der Waals surface area contributed by atoms with E-state index in [0.717, 1.165) is 18.6 Å². The lowest BCUT2D eigenvalue weighted by Crippen LogP contribution is -2.20. The van der Waals surface area contributed by atoms with Crippen LogP contribution in [0.4, 0.5) is 0 Å². The highest BCUT2D eigenvalue weighted by Gasteiger charge is 2.13. The van der Waals surface area contributed by atoms with Gasteiger partial charge in [0.15, 0.2) is 0 Å². The first-order valence-corrected chi connectivity index (χ1v) is 6.61. The van der Waals surface area contributed by atoms with Crippen molar-refractivity contribution < 1.29 is 9.84 Å². The summed E-state index contributed by atoms with van der Waals surface area (Å²) in [6.45, 7) is 0. The minimum atomic E-state index is -0.193. The molecule has 0 saturated carbocycles. The SMILES string of the molecule is COc1ccc(CCCc2c(O)n(C)c(=O)n2C)cc1. The van der Waals surface area contributed by atoms with Crippen LogP contribution in [-0.4, -0.2) is 21.4 Å². The predicted molar refractivity (Wildman–Crippen MR) is 77.3 cm³/mol. The van der Waals surface area contributed by atoms with E-state index in [4.69, 9.17) is 4.74 Å². The Morgan fingerprint density at radius 1 is 1.10 bits per heavy atom. The molecule has 1 aromatic heterocycles. The second-order valence-electron chi connectivity index (χ2n) is 4.87. The topological polar surface area (TPSA) is 56.4 Å². The van der Waals surface area contributed by atoms with Gasteiger partial charge in [-0.2, -0.15) is 0 Å². The highest BCUT2D eigenvalue weighted by atomic mass is 16.5. The molecule has 0 bridgehead atoms. The van der Waals surface area contributed by atoms with E-state index in [1.165, 1.54) is 14.7 Å². The van der Waals surface area contributed by atoms with Crippen molar-refractivity contribution in [3.63, 3.8) is 0 Å². The molecule has 1 aromatic carbocycles. The number of benzene rings is 1. The van der Waals surface area contributed by atoms with Gasteiger partial charge in [-0.3, -0.25) is 9.13 Å². The highest BCUT2D eigenvalue weighted by molar-refractivity contribution is 5.27. The number of aromatic hydroxyl groups is 1. The quantitative estimate of drug-likeness (QED) is 0.902. The van der Waals surface area contributed by atoms with Gasteiger partial charge in [-0.25, -0.2) is 4.79 Å². The summed E-state index contributed by atoms with van der Waals surface area (Å²) in [6, 6.07) is 7.93. The maximum Gasteiger partial charge on any atom is 0.330 e. The molecule has 2 aromatic rings. The third-order valence-electron chi connectivity index (χ3n) is 3.59. The number of rotatable bonds is 5. The maximum absolute atomic E-state index is 11.7. The molecule has 5 nitrogen and oxygen atoms in total. The van der Waals surface area contributed by atoms with E-state index in [1.54, 1.807) is 21.2 Å². The Morgan fingerprint density at radius 3 is 2.25 bits per heavy atom. The van der Waals surface area contributed by atoms with Crippen LogP contribution in [0.5, 0.6) is 11.6 Å². The third kappa shape index (κ3) is 2.71. The van der Waals surface area contributed by atoms with Crippen molar-refractivity contribution in [1.82, 2.24) is 9.13 Å². The molecule has 0 aliphatic rings. The summed E-state index contributed by atoms with van der Waals surface area (Å²) in [6.07, 6.45) is 2.44. The molecule has 1 heterocycles. The lowest BCUT2D eigenvalue weighted by molar-refractivity contribution is 0.414. The van der Waals surface area contributed by atoms with E-state index in [1.807, 2.05) is 24.3 Å². The Labute approximate surface area is 118 Å². The monoisotopic (exact) mass is 276 g/mol. The first-order chi connectivity index (χ1) is 9.54. The van der Waals surface area contributed by atoms with Crippen molar-refractivity contribution in [3.05, 3.63) is 46.0 Å². The average Bonchev–Trinajstić information content (AvgIpc) is 2.65. The van der Waals surface area contributed by atoms with Crippen LogP contribution < -0.4 is 10.4 Å². The van der Waals surface area contributed by atoms with Crippen molar-refractivity contribution in [2.45, 2.75) is 19.3 Å². The number of ether oxygens (including phenoxy) is 1. The van der Waals surface area contributed by atoms with Gasteiger partial charge in [0, 0.05) is 14.1 Å². The van der Waals surface area contributed by atoms with Crippen LogP contribution in [0.3, 0.4) is 0 Å². The van der Waals surface area contributed by atoms with Crippen molar-refractivity contribution in [2.75, 3.05) is 7.11 Å². The Bertz CT molecular complexity index is 638. The fourth-order valence-corrected chi connectivity index (χ4v) is 2.31. The van der Waals surface area contributed by atoms with Gasteiger partial charge in [0.05, 0.1) is 12.8 Å². The third-order valence-corrected chi connectivity index (χ3v) is 3.59. The van der Waals surface area contributed by atoms with Gasteiger partial charge in [-0.05, 0) is 37.0 Å². The van der Waals surface area contributed by atoms with Gasteiger partial charge in [-0.15, -0.1) is 0 Å². The fraction of sp³-hybridized carbons (Fsp3) is 0.400. The molecule has 0 fully saturated rings. The Morgan fingerprint density at radius 2 is 1.75 bits per heavy atom. The van der Waals surface area contributed by atoms with E-state index < -0.39 is 0 Å². The maximum atomic E-state index is 11.7. The zero-order valence-electron chi connectivity index (χ0n) is 12.1. The molecule has 0 aliphatic heterocycles. The molecule has 5 heteroatoms. The molecule has 2 rings (SSSR count). The molecule has 0 atom stereocenters. The van der Waals surface area contributed by atoms with Crippen molar-refractivity contribution in [2.24, 2.45) is 14.1 Å². The molecule has 1 N–H and O–H groups in total. The van der Waals surface area contributed by atoms with Crippen LogP contribution in [0.2, 0.25) is 0 Å². The summed E-state index contributed by atoms with van der Waals surface area (Å²) >= 11 is 0. The first kappa shape index (κ1) is 14.2. The van der Waals surface area contributed by atoms with E-state index in [9.17, 15) is 9.90 Å². The van der Waals surface area contributed by atoms with Gasteiger partial charge in [0.25, 0.3) is 0 Å². The zero-order chi connectivity index (χ0) is 14.7.